The lowest BCUT2D eigenvalue weighted by atomic mass is 10.1. The number of hydrogen-bond acceptors (Lipinski definition) is 5. The monoisotopic (exact) mass is 413 g/mol. The summed E-state index contributed by atoms with van der Waals surface area (Å²) in [5.74, 6) is 0.551. The van der Waals surface area contributed by atoms with Crippen LogP contribution in [-0.2, 0) is 20.7 Å². The molecule has 2 aromatic carbocycles. The van der Waals surface area contributed by atoms with Crippen LogP contribution >= 0.6 is 0 Å². The fourth-order valence-electron chi connectivity index (χ4n) is 2.69. The van der Waals surface area contributed by atoms with Gasteiger partial charge in [-0.25, -0.2) is 0 Å². The Kier molecular flexibility index (Phi) is 9.67. The molecule has 0 bridgehead atoms. The maximum Gasteiger partial charge on any atom is 0.243 e. The minimum atomic E-state index is -0.170. The Hall–Kier alpha value is -3.06. The molecule has 0 radical (unpaired) electrons. The average molecular weight is 414 g/mol. The zero-order chi connectivity index (χ0) is 21.8. The first-order chi connectivity index (χ1) is 14.5. The van der Waals surface area contributed by atoms with Crippen molar-refractivity contribution in [3.05, 3.63) is 54.1 Å². The molecule has 0 atom stereocenters. The molecule has 0 aliphatic rings. The third-order valence-corrected chi connectivity index (χ3v) is 4.38. The maximum absolute atomic E-state index is 12.3. The lowest BCUT2D eigenvalue weighted by molar-refractivity contribution is -0.128. The van der Waals surface area contributed by atoms with Gasteiger partial charge in [0.15, 0.2) is 0 Å². The van der Waals surface area contributed by atoms with E-state index in [1.54, 1.807) is 25.1 Å². The van der Waals surface area contributed by atoms with E-state index in [1.807, 2.05) is 49.4 Å². The highest BCUT2D eigenvalue weighted by molar-refractivity contribution is 5.95. The molecule has 2 rings (SSSR count). The molecule has 0 fully saturated rings. The number of para-hydroxylation sites is 2. The van der Waals surface area contributed by atoms with Crippen LogP contribution in [0.3, 0.4) is 0 Å². The maximum atomic E-state index is 12.3. The van der Waals surface area contributed by atoms with Crippen molar-refractivity contribution in [3.8, 4) is 5.75 Å². The van der Waals surface area contributed by atoms with Crippen molar-refractivity contribution in [3.63, 3.8) is 0 Å². The van der Waals surface area contributed by atoms with E-state index in [1.165, 1.54) is 0 Å². The van der Waals surface area contributed by atoms with Crippen LogP contribution < -0.4 is 15.4 Å². The van der Waals surface area contributed by atoms with Crippen LogP contribution in [0, 0.1) is 0 Å². The standard InChI is InChI=1S/C23H31N3O4/c1-4-29-15-16-30-21-8-6-5-7-20(21)25-22(27)17-24-19-12-9-18(10-13-19)11-14-23(28)26(2)3/h5-10,12-13,24H,4,11,14-17H2,1-3H3,(H,25,27). The first-order valence-electron chi connectivity index (χ1n) is 10.1. The minimum absolute atomic E-state index is 0.107. The van der Waals surface area contributed by atoms with Crippen molar-refractivity contribution in [2.45, 2.75) is 19.8 Å². The second kappa shape index (κ2) is 12.5. The van der Waals surface area contributed by atoms with Crippen LogP contribution in [0.4, 0.5) is 11.4 Å². The van der Waals surface area contributed by atoms with Crippen LogP contribution in [-0.4, -0.2) is 57.2 Å². The Morgan fingerprint density at radius 2 is 1.73 bits per heavy atom. The molecule has 2 N–H and O–H groups in total. The molecule has 2 aromatic rings. The van der Waals surface area contributed by atoms with Crippen LogP contribution in [0.25, 0.3) is 0 Å². The summed E-state index contributed by atoms with van der Waals surface area (Å²) in [6.07, 6.45) is 1.17. The largest absolute Gasteiger partial charge is 0.489 e. The summed E-state index contributed by atoms with van der Waals surface area (Å²) < 4.78 is 11.0. The van der Waals surface area contributed by atoms with Gasteiger partial charge >= 0.3 is 0 Å². The SMILES string of the molecule is CCOCCOc1ccccc1NC(=O)CNc1ccc(CCC(=O)N(C)C)cc1. The summed E-state index contributed by atoms with van der Waals surface area (Å²) in [5.41, 5.74) is 2.55. The van der Waals surface area contributed by atoms with Crippen molar-refractivity contribution in [2.75, 3.05) is 51.1 Å². The quantitative estimate of drug-likeness (QED) is 0.523. The van der Waals surface area contributed by atoms with Gasteiger partial charge in [0.05, 0.1) is 18.8 Å². The molecule has 2 amide bonds. The lowest BCUT2D eigenvalue weighted by Gasteiger charge is -2.13. The molecule has 0 saturated carbocycles. The van der Waals surface area contributed by atoms with Gasteiger partial charge in [-0.3, -0.25) is 9.59 Å². The summed E-state index contributed by atoms with van der Waals surface area (Å²) in [6.45, 7) is 3.63. The topological polar surface area (TPSA) is 79.9 Å². The van der Waals surface area contributed by atoms with Gasteiger partial charge in [0.1, 0.15) is 12.4 Å². The molecule has 0 aliphatic carbocycles. The summed E-state index contributed by atoms with van der Waals surface area (Å²) in [6, 6.07) is 15.1. The van der Waals surface area contributed by atoms with Crippen molar-refractivity contribution in [2.24, 2.45) is 0 Å². The molecule has 0 spiro atoms. The third kappa shape index (κ3) is 8.13. The number of carbonyl (C=O) groups excluding carboxylic acids is 2. The van der Waals surface area contributed by atoms with Crippen LogP contribution in [0.1, 0.15) is 18.9 Å². The first-order valence-corrected chi connectivity index (χ1v) is 10.1. The van der Waals surface area contributed by atoms with Crippen molar-refractivity contribution >= 4 is 23.2 Å². The zero-order valence-electron chi connectivity index (χ0n) is 17.9. The average Bonchev–Trinajstić information content (AvgIpc) is 2.75. The van der Waals surface area contributed by atoms with Gasteiger partial charge in [-0.2, -0.15) is 0 Å². The number of aryl methyl sites for hydroxylation is 1. The number of benzene rings is 2. The van der Waals surface area contributed by atoms with Crippen LogP contribution in [0.2, 0.25) is 0 Å². The summed E-state index contributed by atoms with van der Waals surface area (Å²) in [7, 11) is 3.51. The number of ether oxygens (including phenoxy) is 2. The lowest BCUT2D eigenvalue weighted by Crippen LogP contribution is -2.22. The summed E-state index contributed by atoms with van der Waals surface area (Å²) in [5, 5.41) is 5.97. The van der Waals surface area contributed by atoms with Gasteiger partial charge < -0.3 is 25.0 Å². The van der Waals surface area contributed by atoms with E-state index in [4.69, 9.17) is 9.47 Å². The highest BCUT2D eigenvalue weighted by atomic mass is 16.5. The highest BCUT2D eigenvalue weighted by Gasteiger charge is 2.08. The normalized spacial score (nSPS) is 10.4. The molecular formula is C23H31N3O4. The van der Waals surface area contributed by atoms with Gasteiger partial charge in [0, 0.05) is 32.8 Å². The molecule has 7 heteroatoms. The summed E-state index contributed by atoms with van der Waals surface area (Å²) >= 11 is 0. The van der Waals surface area contributed by atoms with E-state index in [-0.39, 0.29) is 18.4 Å². The van der Waals surface area contributed by atoms with E-state index in [0.29, 0.717) is 44.1 Å². The van der Waals surface area contributed by atoms with Crippen molar-refractivity contribution in [1.82, 2.24) is 4.90 Å². The highest BCUT2D eigenvalue weighted by Crippen LogP contribution is 2.23. The molecule has 0 aliphatic heterocycles. The first kappa shape index (κ1) is 23.2. The Bertz CT molecular complexity index is 806. The van der Waals surface area contributed by atoms with E-state index >= 15 is 0 Å². The predicted molar refractivity (Wildman–Crippen MR) is 119 cm³/mol. The Morgan fingerprint density at radius 1 is 1.00 bits per heavy atom. The number of carbonyl (C=O) groups is 2. The molecule has 0 saturated heterocycles. The van der Waals surface area contributed by atoms with E-state index in [0.717, 1.165) is 11.3 Å². The minimum Gasteiger partial charge on any atom is -0.489 e. The second-order valence-electron chi connectivity index (χ2n) is 6.93. The smallest absolute Gasteiger partial charge is 0.243 e. The number of anilines is 2. The molecule has 30 heavy (non-hydrogen) atoms. The van der Waals surface area contributed by atoms with Gasteiger partial charge in [-0.1, -0.05) is 24.3 Å². The number of rotatable bonds is 12. The van der Waals surface area contributed by atoms with Gasteiger partial charge in [-0.15, -0.1) is 0 Å². The third-order valence-electron chi connectivity index (χ3n) is 4.38. The van der Waals surface area contributed by atoms with Crippen molar-refractivity contribution in [1.29, 1.82) is 0 Å². The Labute approximate surface area is 178 Å². The Balaban J connectivity index is 1.80. The fraction of sp³-hybridized carbons (Fsp3) is 0.391. The number of amides is 2. The molecule has 0 heterocycles. The fourth-order valence-corrected chi connectivity index (χ4v) is 2.69. The molecule has 0 unspecified atom stereocenters. The predicted octanol–water partition coefficient (Wildman–Crippen LogP) is 3.17. The van der Waals surface area contributed by atoms with E-state index in [9.17, 15) is 9.59 Å². The zero-order valence-corrected chi connectivity index (χ0v) is 17.9. The van der Waals surface area contributed by atoms with Gasteiger partial charge in [0.25, 0.3) is 0 Å². The number of nitrogens with zero attached hydrogens (tertiary/aromatic N) is 1. The number of nitrogens with one attached hydrogen (secondary N) is 2. The molecule has 162 valence electrons. The number of hydrogen-bond donors (Lipinski definition) is 2. The van der Waals surface area contributed by atoms with Gasteiger partial charge in [0.2, 0.25) is 11.8 Å². The van der Waals surface area contributed by atoms with E-state index < -0.39 is 0 Å². The molecule has 7 nitrogen and oxygen atoms in total. The second-order valence-corrected chi connectivity index (χ2v) is 6.93. The molecular weight excluding hydrogens is 382 g/mol. The van der Waals surface area contributed by atoms with Crippen LogP contribution in [0.15, 0.2) is 48.5 Å². The van der Waals surface area contributed by atoms with E-state index in [2.05, 4.69) is 10.6 Å². The van der Waals surface area contributed by atoms with Gasteiger partial charge in [-0.05, 0) is 43.2 Å². The van der Waals surface area contributed by atoms with Crippen LogP contribution in [0.5, 0.6) is 5.75 Å². The van der Waals surface area contributed by atoms with Crippen molar-refractivity contribution < 1.29 is 19.1 Å². The molecule has 0 aromatic heterocycles. The Morgan fingerprint density at radius 3 is 2.43 bits per heavy atom. The summed E-state index contributed by atoms with van der Waals surface area (Å²) in [4.78, 5) is 25.6.